The lowest BCUT2D eigenvalue weighted by Gasteiger charge is -2.29. The first-order valence-electron chi connectivity index (χ1n) is 12.0. The van der Waals surface area contributed by atoms with Gasteiger partial charge in [0.15, 0.2) is 17.3 Å². The average molecular weight is 568 g/mol. The van der Waals surface area contributed by atoms with E-state index >= 15 is 0 Å². The van der Waals surface area contributed by atoms with Crippen LogP contribution in [-0.4, -0.2) is 54.8 Å². The number of likely N-dealkylation sites (tertiary alicyclic amines) is 1. The molecule has 1 amide bonds. The van der Waals surface area contributed by atoms with Crippen LogP contribution in [-0.2, 0) is 6.18 Å². The molecule has 4 rings (SSSR count). The number of alkyl halides is 3. The summed E-state index contributed by atoms with van der Waals surface area (Å²) in [5.41, 5.74) is -0.675. The van der Waals surface area contributed by atoms with Crippen molar-refractivity contribution in [2.24, 2.45) is 5.92 Å². The van der Waals surface area contributed by atoms with Gasteiger partial charge in [0, 0.05) is 37.5 Å². The third-order valence-corrected chi connectivity index (χ3v) is 6.41. The first-order chi connectivity index (χ1) is 18.5. The average Bonchev–Trinajstić information content (AvgIpc) is 2.88. The number of hydrogen-bond donors (Lipinski definition) is 1. The van der Waals surface area contributed by atoms with Gasteiger partial charge in [-0.25, -0.2) is 14.2 Å². The lowest BCUT2D eigenvalue weighted by Crippen LogP contribution is -2.34. The van der Waals surface area contributed by atoms with E-state index in [1.807, 2.05) is 0 Å². The zero-order valence-electron chi connectivity index (χ0n) is 21.1. The van der Waals surface area contributed by atoms with E-state index in [4.69, 9.17) is 21.1 Å². The van der Waals surface area contributed by atoms with Gasteiger partial charge in [-0.3, -0.25) is 4.90 Å². The van der Waals surface area contributed by atoms with Gasteiger partial charge in [-0.05, 0) is 62.8 Å². The smallest absolute Gasteiger partial charge is 0.420 e. The Morgan fingerprint density at radius 2 is 2.00 bits per heavy atom. The Hall–Kier alpha value is -3.64. The van der Waals surface area contributed by atoms with Gasteiger partial charge in [0.2, 0.25) is 5.95 Å². The molecule has 0 radical (unpaired) electrons. The van der Waals surface area contributed by atoms with Gasteiger partial charge in [-0.2, -0.15) is 18.2 Å². The Morgan fingerprint density at radius 3 is 2.72 bits per heavy atom. The number of nitrogens with zero attached hydrogens (tertiary/aromatic N) is 4. The van der Waals surface area contributed by atoms with Gasteiger partial charge in [-0.15, -0.1) is 0 Å². The molecule has 0 bridgehead atoms. The Kier molecular flexibility index (Phi) is 8.76. The number of carbonyl (C=O) groups is 1. The maximum absolute atomic E-state index is 14.7. The molecule has 2 heterocycles. The largest absolute Gasteiger partial charge is 0.490 e. The second-order valence-electron chi connectivity index (χ2n) is 9.16. The van der Waals surface area contributed by atoms with E-state index < -0.39 is 29.4 Å². The van der Waals surface area contributed by atoms with E-state index in [2.05, 4.69) is 27.2 Å². The van der Waals surface area contributed by atoms with Crippen molar-refractivity contribution in [3.05, 3.63) is 65.1 Å². The Balaban J connectivity index is 1.39. The zero-order valence-corrected chi connectivity index (χ0v) is 21.9. The minimum atomic E-state index is -4.64. The van der Waals surface area contributed by atoms with Crippen molar-refractivity contribution < 1.29 is 31.8 Å². The summed E-state index contributed by atoms with van der Waals surface area (Å²) < 4.78 is 64.5. The maximum Gasteiger partial charge on any atom is 0.420 e. The number of benzene rings is 2. The molecule has 8 nitrogen and oxygen atoms in total. The number of hydrogen-bond acceptors (Lipinski definition) is 7. The molecule has 39 heavy (non-hydrogen) atoms. The van der Waals surface area contributed by atoms with Gasteiger partial charge >= 0.3 is 12.3 Å². The topological polar surface area (TPSA) is 79.8 Å². The normalized spacial score (nSPS) is 16.0. The minimum Gasteiger partial charge on any atom is -0.490 e. The Morgan fingerprint density at radius 1 is 1.21 bits per heavy atom. The van der Waals surface area contributed by atoms with Gasteiger partial charge in [-0.1, -0.05) is 11.6 Å². The lowest BCUT2D eigenvalue weighted by molar-refractivity contribution is -0.137. The van der Waals surface area contributed by atoms with Crippen molar-refractivity contribution in [2.75, 3.05) is 44.0 Å². The Bertz CT molecular complexity index is 1330. The molecule has 2 aromatic carbocycles. The fourth-order valence-electron chi connectivity index (χ4n) is 4.05. The van der Waals surface area contributed by atoms with Crippen LogP contribution in [0.2, 0.25) is 5.02 Å². The molecule has 1 aliphatic rings. The van der Waals surface area contributed by atoms with Crippen LogP contribution in [0.1, 0.15) is 18.4 Å². The van der Waals surface area contributed by atoms with Crippen molar-refractivity contribution in [1.29, 1.82) is 0 Å². The molecule has 1 aliphatic heterocycles. The molecule has 3 aromatic rings. The predicted octanol–water partition coefficient (Wildman–Crippen LogP) is 6.39. The summed E-state index contributed by atoms with van der Waals surface area (Å²) in [4.78, 5) is 24.0. The SMILES string of the molecule is CN1CCCC(COc2ccc(Nc3nccc(N(C)C(=O)Oc4cc(C(F)(F)F)ccc4Cl)n3)cc2F)C1. The van der Waals surface area contributed by atoms with E-state index in [0.29, 0.717) is 24.3 Å². The van der Waals surface area contributed by atoms with Crippen LogP contribution >= 0.6 is 11.6 Å². The minimum absolute atomic E-state index is 0.0440. The van der Waals surface area contributed by atoms with E-state index in [1.54, 1.807) is 6.07 Å². The quantitative estimate of drug-likeness (QED) is 0.332. The summed E-state index contributed by atoms with van der Waals surface area (Å²) in [5, 5.41) is 2.68. The second kappa shape index (κ2) is 12.0. The van der Waals surface area contributed by atoms with Crippen LogP contribution in [0, 0.1) is 11.7 Å². The van der Waals surface area contributed by atoms with Gasteiger partial charge in [0.25, 0.3) is 0 Å². The Labute approximate surface area is 227 Å². The van der Waals surface area contributed by atoms with Gasteiger partial charge < -0.3 is 19.7 Å². The standard InChI is InChI=1S/C26H26ClF4N5O3/c1-35-11-3-4-16(14-35)15-38-21-8-6-18(13-20(21)28)33-24-32-10-9-23(34-24)36(2)25(37)39-22-12-17(26(29,30)31)5-7-19(22)27/h5-10,12-13,16H,3-4,11,14-15H2,1-2H3,(H,32,33,34). The summed E-state index contributed by atoms with van der Waals surface area (Å²) in [7, 11) is 3.36. The number of nitrogens with one attached hydrogen (secondary N) is 1. The maximum atomic E-state index is 14.7. The van der Waals surface area contributed by atoms with Gasteiger partial charge in [0.05, 0.1) is 17.2 Å². The molecule has 0 aliphatic carbocycles. The zero-order chi connectivity index (χ0) is 28.2. The molecule has 1 N–H and O–H groups in total. The first kappa shape index (κ1) is 28.4. The molecular formula is C26H26ClF4N5O3. The van der Waals surface area contributed by atoms with E-state index in [-0.39, 0.29) is 22.5 Å². The molecule has 1 aromatic heterocycles. The third-order valence-electron chi connectivity index (χ3n) is 6.10. The number of aromatic nitrogens is 2. The number of carbonyl (C=O) groups excluding carboxylic acids is 1. The number of anilines is 3. The van der Waals surface area contributed by atoms with Crippen LogP contribution in [0.3, 0.4) is 0 Å². The van der Waals surface area contributed by atoms with Crippen molar-refractivity contribution in [2.45, 2.75) is 19.0 Å². The first-order valence-corrected chi connectivity index (χ1v) is 12.4. The fourth-order valence-corrected chi connectivity index (χ4v) is 4.21. The van der Waals surface area contributed by atoms with Crippen LogP contribution in [0.4, 0.5) is 39.8 Å². The van der Waals surface area contributed by atoms with Gasteiger partial charge in [0.1, 0.15) is 5.82 Å². The summed E-state index contributed by atoms with van der Waals surface area (Å²) in [6, 6.07) is 8.15. The van der Waals surface area contributed by atoms with E-state index in [1.165, 1.54) is 31.4 Å². The fraction of sp³-hybridized carbons (Fsp3) is 0.346. The van der Waals surface area contributed by atoms with Crippen molar-refractivity contribution in [3.63, 3.8) is 0 Å². The third kappa shape index (κ3) is 7.48. The number of halogens is 5. The number of amides is 1. The second-order valence-corrected chi connectivity index (χ2v) is 9.57. The predicted molar refractivity (Wildman–Crippen MR) is 138 cm³/mol. The summed E-state index contributed by atoms with van der Waals surface area (Å²) in [6.45, 7) is 2.38. The highest BCUT2D eigenvalue weighted by atomic mass is 35.5. The van der Waals surface area contributed by atoms with Crippen molar-refractivity contribution >= 4 is 35.1 Å². The summed E-state index contributed by atoms with van der Waals surface area (Å²) >= 11 is 5.91. The highest BCUT2D eigenvalue weighted by Gasteiger charge is 2.31. The number of ether oxygens (including phenoxy) is 2. The molecule has 13 heteroatoms. The highest BCUT2D eigenvalue weighted by Crippen LogP contribution is 2.35. The van der Waals surface area contributed by atoms with E-state index in [0.717, 1.165) is 43.0 Å². The number of rotatable bonds is 7. The molecular weight excluding hydrogens is 542 g/mol. The molecule has 0 saturated carbocycles. The molecule has 1 fully saturated rings. The molecule has 1 saturated heterocycles. The molecule has 1 unspecified atom stereocenters. The molecule has 208 valence electrons. The summed E-state index contributed by atoms with van der Waals surface area (Å²) in [5.74, 6) is -0.423. The van der Waals surface area contributed by atoms with Crippen LogP contribution in [0.5, 0.6) is 11.5 Å². The van der Waals surface area contributed by atoms with Crippen LogP contribution in [0.15, 0.2) is 48.7 Å². The van der Waals surface area contributed by atoms with Crippen LogP contribution in [0.25, 0.3) is 0 Å². The summed E-state index contributed by atoms with van der Waals surface area (Å²) in [6.07, 6.45) is -2.20. The molecule has 1 atom stereocenters. The van der Waals surface area contributed by atoms with Crippen molar-refractivity contribution in [3.8, 4) is 11.5 Å². The number of piperidine rings is 1. The van der Waals surface area contributed by atoms with Crippen molar-refractivity contribution in [1.82, 2.24) is 14.9 Å². The monoisotopic (exact) mass is 567 g/mol. The van der Waals surface area contributed by atoms with Crippen LogP contribution < -0.4 is 19.7 Å². The molecule has 0 spiro atoms. The lowest BCUT2D eigenvalue weighted by atomic mass is 10.00. The van der Waals surface area contributed by atoms with E-state index in [9.17, 15) is 22.4 Å². The highest BCUT2D eigenvalue weighted by molar-refractivity contribution is 6.32.